The Morgan fingerprint density at radius 2 is 2.24 bits per heavy atom. The molecule has 1 N–H and O–H groups in total. The number of carboxylic acids is 1. The second-order valence-corrected chi connectivity index (χ2v) is 5.79. The number of rotatable bonds is 3. The minimum absolute atomic E-state index is 0.133. The Labute approximate surface area is 121 Å². The van der Waals surface area contributed by atoms with Crippen LogP contribution in [0.2, 0.25) is 0 Å². The molecule has 108 valence electrons. The van der Waals surface area contributed by atoms with Crippen LogP contribution in [0.4, 0.5) is 0 Å². The van der Waals surface area contributed by atoms with E-state index in [9.17, 15) is 14.7 Å². The smallest absolute Gasteiger partial charge is 0.310 e. The highest BCUT2D eigenvalue weighted by Gasteiger charge is 2.66. The molecule has 1 aromatic heterocycles. The van der Waals surface area contributed by atoms with E-state index in [1.165, 1.54) is 0 Å². The number of aliphatic carboxylic acids is 1. The highest BCUT2D eigenvalue weighted by Crippen LogP contribution is 2.52. The maximum atomic E-state index is 12.6. The normalized spacial score (nSPS) is 36.3. The molecule has 0 aromatic carbocycles. The van der Waals surface area contributed by atoms with Gasteiger partial charge in [0.1, 0.15) is 11.5 Å². The van der Waals surface area contributed by atoms with Crippen molar-refractivity contribution in [2.24, 2.45) is 11.8 Å². The van der Waals surface area contributed by atoms with Crippen LogP contribution in [-0.4, -0.2) is 45.1 Å². The molecule has 2 bridgehead atoms. The largest absolute Gasteiger partial charge is 0.481 e. The van der Waals surface area contributed by atoms with Crippen LogP contribution in [-0.2, 0) is 20.9 Å². The topological polar surface area (TPSA) is 79.7 Å². The van der Waals surface area contributed by atoms with Crippen molar-refractivity contribution in [3.8, 4) is 0 Å². The van der Waals surface area contributed by atoms with Crippen molar-refractivity contribution >= 4 is 11.9 Å². The standard InChI is InChI=1S/C15H14N2O4/c18-13-12-11(14(19)20)10-1-4-15(12,21-10)8-17(13)7-9-2-5-16-6-3-9/h1-6,10-12H,7-8H2,(H,19,20)/t10-,11?,12?,15-/m0/s1. The van der Waals surface area contributed by atoms with E-state index in [0.29, 0.717) is 13.1 Å². The third-order valence-electron chi connectivity index (χ3n) is 4.59. The molecule has 1 amide bonds. The zero-order valence-electron chi connectivity index (χ0n) is 11.2. The van der Waals surface area contributed by atoms with Crippen LogP contribution >= 0.6 is 0 Å². The van der Waals surface area contributed by atoms with E-state index in [1.54, 1.807) is 23.4 Å². The number of carbonyl (C=O) groups excluding carboxylic acids is 1. The lowest BCUT2D eigenvalue weighted by atomic mass is 9.77. The Morgan fingerprint density at radius 1 is 1.48 bits per heavy atom. The lowest BCUT2D eigenvalue weighted by molar-refractivity contribution is -0.148. The molecule has 2 fully saturated rings. The van der Waals surface area contributed by atoms with Gasteiger partial charge in [-0.2, -0.15) is 0 Å². The summed E-state index contributed by atoms with van der Waals surface area (Å²) in [5.41, 5.74) is 0.220. The molecule has 1 aromatic rings. The summed E-state index contributed by atoms with van der Waals surface area (Å²) in [5.74, 6) is -2.47. The number of pyridine rings is 1. The number of aromatic nitrogens is 1. The molecule has 1 spiro atoms. The van der Waals surface area contributed by atoms with Crippen LogP contribution in [0.5, 0.6) is 0 Å². The van der Waals surface area contributed by atoms with Crippen molar-refractivity contribution < 1.29 is 19.4 Å². The second-order valence-electron chi connectivity index (χ2n) is 5.79. The van der Waals surface area contributed by atoms with Gasteiger partial charge in [-0.05, 0) is 17.7 Å². The molecule has 21 heavy (non-hydrogen) atoms. The van der Waals surface area contributed by atoms with E-state index in [0.717, 1.165) is 5.56 Å². The second kappa shape index (κ2) is 4.14. The summed E-state index contributed by atoms with van der Waals surface area (Å²) in [5, 5.41) is 9.38. The summed E-state index contributed by atoms with van der Waals surface area (Å²) >= 11 is 0. The lowest BCUT2D eigenvalue weighted by Crippen LogP contribution is -2.39. The molecule has 2 saturated heterocycles. The van der Waals surface area contributed by atoms with Gasteiger partial charge in [0, 0.05) is 18.9 Å². The number of hydrogen-bond acceptors (Lipinski definition) is 4. The quantitative estimate of drug-likeness (QED) is 0.816. The number of nitrogens with zero attached hydrogens (tertiary/aromatic N) is 2. The predicted molar refractivity (Wildman–Crippen MR) is 71.0 cm³/mol. The van der Waals surface area contributed by atoms with E-state index in [4.69, 9.17) is 4.74 Å². The molecular formula is C15H14N2O4. The van der Waals surface area contributed by atoms with E-state index >= 15 is 0 Å². The van der Waals surface area contributed by atoms with Crippen molar-refractivity contribution in [2.45, 2.75) is 18.2 Å². The Kier molecular flexibility index (Phi) is 2.47. The molecule has 4 rings (SSSR count). The summed E-state index contributed by atoms with van der Waals surface area (Å²) in [4.78, 5) is 29.7. The van der Waals surface area contributed by atoms with Gasteiger partial charge in [0.25, 0.3) is 0 Å². The van der Waals surface area contributed by atoms with Gasteiger partial charge in [0.15, 0.2) is 0 Å². The van der Waals surface area contributed by atoms with Crippen molar-refractivity contribution in [1.82, 2.24) is 9.88 Å². The molecule has 6 nitrogen and oxygen atoms in total. The molecule has 4 atom stereocenters. The third kappa shape index (κ3) is 1.65. The molecule has 0 aliphatic carbocycles. The monoisotopic (exact) mass is 286 g/mol. The number of likely N-dealkylation sites (tertiary alicyclic amines) is 1. The molecule has 3 aliphatic rings. The zero-order chi connectivity index (χ0) is 14.6. The van der Waals surface area contributed by atoms with Gasteiger partial charge in [-0.3, -0.25) is 14.6 Å². The summed E-state index contributed by atoms with van der Waals surface area (Å²) in [7, 11) is 0. The van der Waals surface area contributed by atoms with Crippen LogP contribution < -0.4 is 0 Å². The summed E-state index contributed by atoms with van der Waals surface area (Å²) in [6, 6.07) is 3.70. The molecule has 6 heteroatoms. The molecule has 0 saturated carbocycles. The first-order valence-electron chi connectivity index (χ1n) is 6.88. The van der Waals surface area contributed by atoms with Gasteiger partial charge in [-0.1, -0.05) is 12.2 Å². The van der Waals surface area contributed by atoms with Gasteiger partial charge in [-0.15, -0.1) is 0 Å². The molecule has 4 heterocycles. The molecule has 0 radical (unpaired) electrons. The number of hydrogen-bond donors (Lipinski definition) is 1. The van der Waals surface area contributed by atoms with Gasteiger partial charge in [-0.25, -0.2) is 0 Å². The number of ether oxygens (including phenoxy) is 1. The van der Waals surface area contributed by atoms with Crippen LogP contribution in [0.3, 0.4) is 0 Å². The first kappa shape index (κ1) is 12.5. The van der Waals surface area contributed by atoms with Crippen molar-refractivity contribution in [3.05, 3.63) is 42.2 Å². The maximum absolute atomic E-state index is 12.6. The number of amides is 1. The minimum atomic E-state index is -0.963. The highest BCUT2D eigenvalue weighted by molar-refractivity contribution is 5.90. The van der Waals surface area contributed by atoms with Crippen LogP contribution in [0, 0.1) is 11.8 Å². The fraction of sp³-hybridized carbons (Fsp3) is 0.400. The maximum Gasteiger partial charge on any atom is 0.310 e. The Bertz CT molecular complexity index is 644. The number of carbonyl (C=O) groups is 2. The van der Waals surface area contributed by atoms with Gasteiger partial charge in [0.05, 0.1) is 18.6 Å². The fourth-order valence-electron chi connectivity index (χ4n) is 3.70. The number of fused-ring (bicyclic) bond motifs is 1. The average Bonchev–Trinajstić information content (AvgIpc) is 3.09. The zero-order valence-corrected chi connectivity index (χ0v) is 11.2. The van der Waals surface area contributed by atoms with Crippen LogP contribution in [0.15, 0.2) is 36.7 Å². The first-order valence-corrected chi connectivity index (χ1v) is 6.88. The number of carboxylic acid groups (broad SMARTS) is 1. The SMILES string of the molecule is O=C(O)C1C2C(=O)N(Cc3ccncc3)C[C@@]23C=C[C@@H]1O3. The van der Waals surface area contributed by atoms with E-state index in [1.807, 2.05) is 18.2 Å². The molecule has 2 unspecified atom stereocenters. The fourth-order valence-corrected chi connectivity index (χ4v) is 3.70. The van der Waals surface area contributed by atoms with Crippen molar-refractivity contribution in [2.75, 3.05) is 6.54 Å². The molecule has 3 aliphatic heterocycles. The Balaban J connectivity index is 1.63. The van der Waals surface area contributed by atoms with E-state index in [2.05, 4.69) is 4.98 Å². The first-order chi connectivity index (χ1) is 10.1. The van der Waals surface area contributed by atoms with Crippen molar-refractivity contribution in [1.29, 1.82) is 0 Å². The lowest BCUT2D eigenvalue weighted by Gasteiger charge is -2.21. The van der Waals surface area contributed by atoms with Gasteiger partial charge < -0.3 is 14.7 Å². The van der Waals surface area contributed by atoms with Crippen LogP contribution in [0.25, 0.3) is 0 Å². The van der Waals surface area contributed by atoms with E-state index < -0.39 is 29.5 Å². The van der Waals surface area contributed by atoms with Gasteiger partial charge in [0.2, 0.25) is 5.91 Å². The summed E-state index contributed by atoms with van der Waals surface area (Å²) in [6.45, 7) is 0.864. The van der Waals surface area contributed by atoms with Crippen LogP contribution in [0.1, 0.15) is 5.56 Å². The minimum Gasteiger partial charge on any atom is -0.481 e. The Morgan fingerprint density at radius 3 is 2.95 bits per heavy atom. The predicted octanol–water partition coefficient (Wildman–Crippen LogP) is 0.448. The summed E-state index contributed by atoms with van der Waals surface area (Å²) in [6.07, 6.45) is 6.53. The Hall–Kier alpha value is -2.21. The van der Waals surface area contributed by atoms with E-state index in [-0.39, 0.29) is 5.91 Å². The average molecular weight is 286 g/mol. The van der Waals surface area contributed by atoms with Crippen molar-refractivity contribution in [3.63, 3.8) is 0 Å². The summed E-state index contributed by atoms with van der Waals surface area (Å²) < 4.78 is 5.83. The molecular weight excluding hydrogens is 272 g/mol. The van der Waals surface area contributed by atoms with Gasteiger partial charge >= 0.3 is 5.97 Å². The highest BCUT2D eigenvalue weighted by atomic mass is 16.5. The third-order valence-corrected chi connectivity index (χ3v) is 4.59.